The van der Waals surface area contributed by atoms with Gasteiger partial charge in [-0.15, -0.1) is 0 Å². The minimum absolute atomic E-state index is 0.0151. The van der Waals surface area contributed by atoms with Crippen molar-refractivity contribution in [2.24, 2.45) is 0 Å². The van der Waals surface area contributed by atoms with Gasteiger partial charge in [0.25, 0.3) is 0 Å². The largest absolute Gasteiger partial charge is 0.357 e. The van der Waals surface area contributed by atoms with Crippen LogP contribution in [0, 0.1) is 11.3 Å². The number of anilines is 1. The molecule has 0 aliphatic heterocycles. The van der Waals surface area contributed by atoms with E-state index in [1.165, 1.54) is 12.4 Å². The van der Waals surface area contributed by atoms with Crippen LogP contribution in [0.1, 0.15) is 19.5 Å². The lowest BCUT2D eigenvalue weighted by Gasteiger charge is -2.20. The van der Waals surface area contributed by atoms with Crippen LogP contribution in [-0.2, 0) is 4.79 Å². The number of nitrogens with zero attached hydrogens (tertiary/aromatic N) is 4. The monoisotopic (exact) mass is 233 g/mol. The zero-order chi connectivity index (χ0) is 12.8. The lowest BCUT2D eigenvalue weighted by molar-refractivity contribution is -0.130. The van der Waals surface area contributed by atoms with Crippen LogP contribution in [0.5, 0.6) is 0 Å². The second kappa shape index (κ2) is 5.80. The van der Waals surface area contributed by atoms with Gasteiger partial charge in [-0.3, -0.25) is 4.79 Å². The highest BCUT2D eigenvalue weighted by molar-refractivity contribution is 5.83. The van der Waals surface area contributed by atoms with Crippen molar-refractivity contribution in [1.29, 1.82) is 5.26 Å². The van der Waals surface area contributed by atoms with Crippen LogP contribution in [0.25, 0.3) is 0 Å². The van der Waals surface area contributed by atoms with E-state index in [2.05, 4.69) is 15.3 Å². The number of carbonyl (C=O) groups excluding carboxylic acids is 1. The van der Waals surface area contributed by atoms with E-state index < -0.39 is 0 Å². The second-order valence-corrected chi connectivity index (χ2v) is 3.62. The number of amides is 1. The molecule has 0 spiro atoms. The molecule has 0 aliphatic carbocycles. The first-order chi connectivity index (χ1) is 8.08. The van der Waals surface area contributed by atoms with Gasteiger partial charge in [-0.2, -0.15) is 5.26 Å². The van der Waals surface area contributed by atoms with Gasteiger partial charge in [0.15, 0.2) is 5.69 Å². The summed E-state index contributed by atoms with van der Waals surface area (Å²) >= 11 is 0. The van der Waals surface area contributed by atoms with Crippen molar-refractivity contribution in [3.05, 3.63) is 18.1 Å². The first kappa shape index (κ1) is 12.9. The van der Waals surface area contributed by atoms with Crippen LogP contribution < -0.4 is 5.32 Å². The summed E-state index contributed by atoms with van der Waals surface area (Å²) < 4.78 is 0. The Kier molecular flexibility index (Phi) is 4.40. The standard InChI is InChI=1S/C11H15N5O/c1-4-16(3)11(17)8(2)15-10-7-13-9(5-12)6-14-10/h6-8H,4H2,1-3H3,(H,14,15). The van der Waals surface area contributed by atoms with Gasteiger partial charge in [0, 0.05) is 13.6 Å². The van der Waals surface area contributed by atoms with Gasteiger partial charge in [-0.05, 0) is 13.8 Å². The second-order valence-electron chi connectivity index (χ2n) is 3.62. The maximum absolute atomic E-state index is 11.8. The van der Waals surface area contributed by atoms with Gasteiger partial charge in [0.2, 0.25) is 5.91 Å². The number of likely N-dealkylation sites (N-methyl/N-ethyl adjacent to an activating group) is 1. The van der Waals surface area contributed by atoms with E-state index in [-0.39, 0.29) is 17.6 Å². The van der Waals surface area contributed by atoms with E-state index in [4.69, 9.17) is 5.26 Å². The Morgan fingerprint density at radius 3 is 2.76 bits per heavy atom. The van der Waals surface area contributed by atoms with Crippen LogP contribution in [0.4, 0.5) is 5.82 Å². The number of aromatic nitrogens is 2. The number of hydrogen-bond acceptors (Lipinski definition) is 5. The van der Waals surface area contributed by atoms with Gasteiger partial charge in [0.05, 0.1) is 12.4 Å². The van der Waals surface area contributed by atoms with Crippen molar-refractivity contribution >= 4 is 11.7 Å². The fourth-order valence-electron chi connectivity index (χ4n) is 1.23. The van der Waals surface area contributed by atoms with Gasteiger partial charge in [-0.25, -0.2) is 9.97 Å². The summed E-state index contributed by atoms with van der Waals surface area (Å²) in [6, 6.07) is 1.51. The highest BCUT2D eigenvalue weighted by Crippen LogP contribution is 2.04. The number of carbonyl (C=O) groups is 1. The Labute approximate surface area is 100 Å². The minimum atomic E-state index is -0.373. The summed E-state index contributed by atoms with van der Waals surface area (Å²) in [6.45, 7) is 4.32. The molecule has 1 unspecified atom stereocenters. The van der Waals surface area contributed by atoms with Crippen LogP contribution in [0.3, 0.4) is 0 Å². The lowest BCUT2D eigenvalue weighted by Crippen LogP contribution is -2.39. The molecule has 0 bridgehead atoms. The number of nitriles is 1. The van der Waals surface area contributed by atoms with E-state index in [9.17, 15) is 4.79 Å². The van der Waals surface area contributed by atoms with Gasteiger partial charge in [0.1, 0.15) is 17.9 Å². The van der Waals surface area contributed by atoms with Crippen LogP contribution >= 0.6 is 0 Å². The fourth-order valence-corrected chi connectivity index (χ4v) is 1.23. The Balaban J connectivity index is 2.65. The first-order valence-electron chi connectivity index (χ1n) is 5.32. The number of hydrogen-bond donors (Lipinski definition) is 1. The molecule has 1 N–H and O–H groups in total. The van der Waals surface area contributed by atoms with E-state index in [1.54, 1.807) is 18.9 Å². The van der Waals surface area contributed by atoms with Crippen LogP contribution in [0.2, 0.25) is 0 Å². The lowest BCUT2D eigenvalue weighted by atomic mass is 10.3. The Morgan fingerprint density at radius 2 is 2.29 bits per heavy atom. The van der Waals surface area contributed by atoms with E-state index in [0.29, 0.717) is 12.4 Å². The average Bonchev–Trinajstić information content (AvgIpc) is 2.37. The van der Waals surface area contributed by atoms with E-state index in [1.807, 2.05) is 13.0 Å². The number of nitrogens with one attached hydrogen (secondary N) is 1. The van der Waals surface area contributed by atoms with Crippen molar-refractivity contribution in [1.82, 2.24) is 14.9 Å². The highest BCUT2D eigenvalue weighted by Gasteiger charge is 2.16. The van der Waals surface area contributed by atoms with Crippen molar-refractivity contribution in [2.75, 3.05) is 18.9 Å². The quantitative estimate of drug-likeness (QED) is 0.824. The molecule has 1 rings (SSSR count). The summed E-state index contributed by atoms with van der Waals surface area (Å²) in [7, 11) is 1.74. The third-order valence-corrected chi connectivity index (χ3v) is 2.35. The molecule has 0 aromatic carbocycles. The molecule has 1 heterocycles. The van der Waals surface area contributed by atoms with Crippen LogP contribution in [0.15, 0.2) is 12.4 Å². The zero-order valence-corrected chi connectivity index (χ0v) is 10.1. The molecule has 0 saturated carbocycles. The molecular formula is C11H15N5O. The maximum Gasteiger partial charge on any atom is 0.244 e. The van der Waals surface area contributed by atoms with Gasteiger partial charge < -0.3 is 10.2 Å². The van der Waals surface area contributed by atoms with Crippen molar-refractivity contribution in [3.8, 4) is 6.07 Å². The molecule has 6 heteroatoms. The average molecular weight is 233 g/mol. The van der Waals surface area contributed by atoms with Crippen molar-refractivity contribution in [3.63, 3.8) is 0 Å². The summed E-state index contributed by atoms with van der Waals surface area (Å²) in [4.78, 5) is 21.2. The third kappa shape index (κ3) is 3.41. The van der Waals surface area contributed by atoms with E-state index in [0.717, 1.165) is 0 Å². The summed E-state index contributed by atoms with van der Waals surface area (Å²) in [6.07, 6.45) is 2.80. The normalized spacial score (nSPS) is 11.4. The predicted octanol–water partition coefficient (Wildman–Crippen LogP) is 0.627. The Bertz CT molecular complexity index is 422. The SMILES string of the molecule is CCN(C)C(=O)C(C)Nc1cnc(C#N)cn1. The van der Waals surface area contributed by atoms with Crippen LogP contribution in [-0.4, -0.2) is 40.4 Å². The Morgan fingerprint density at radius 1 is 1.59 bits per heavy atom. The molecule has 0 aliphatic rings. The maximum atomic E-state index is 11.8. The summed E-state index contributed by atoms with van der Waals surface area (Å²) in [5.41, 5.74) is 0.250. The van der Waals surface area contributed by atoms with E-state index >= 15 is 0 Å². The molecule has 1 aromatic rings. The van der Waals surface area contributed by atoms with Gasteiger partial charge >= 0.3 is 0 Å². The molecule has 90 valence electrons. The molecule has 0 fully saturated rings. The third-order valence-electron chi connectivity index (χ3n) is 2.35. The highest BCUT2D eigenvalue weighted by atomic mass is 16.2. The molecule has 1 atom stereocenters. The molecule has 6 nitrogen and oxygen atoms in total. The minimum Gasteiger partial charge on any atom is -0.357 e. The topological polar surface area (TPSA) is 81.9 Å². The van der Waals surface area contributed by atoms with Gasteiger partial charge in [-0.1, -0.05) is 0 Å². The zero-order valence-electron chi connectivity index (χ0n) is 10.1. The Hall–Kier alpha value is -2.16. The molecule has 1 amide bonds. The molecule has 0 radical (unpaired) electrons. The molecule has 1 aromatic heterocycles. The van der Waals surface area contributed by atoms with Crippen molar-refractivity contribution < 1.29 is 4.79 Å². The molecule has 0 saturated heterocycles. The fraction of sp³-hybridized carbons (Fsp3) is 0.455. The predicted molar refractivity (Wildman–Crippen MR) is 63.1 cm³/mol. The molecule has 17 heavy (non-hydrogen) atoms. The first-order valence-corrected chi connectivity index (χ1v) is 5.32. The number of rotatable bonds is 4. The van der Waals surface area contributed by atoms with Crippen molar-refractivity contribution in [2.45, 2.75) is 19.9 Å². The summed E-state index contributed by atoms with van der Waals surface area (Å²) in [5.74, 6) is 0.466. The smallest absolute Gasteiger partial charge is 0.244 e. The molecular weight excluding hydrogens is 218 g/mol. The summed E-state index contributed by atoms with van der Waals surface area (Å²) in [5, 5.41) is 11.5.